The van der Waals surface area contributed by atoms with E-state index in [1.54, 1.807) is 60.6 Å². The van der Waals surface area contributed by atoms with Gasteiger partial charge in [0.15, 0.2) is 0 Å². The van der Waals surface area contributed by atoms with Gasteiger partial charge in [0.1, 0.15) is 15.8 Å². The van der Waals surface area contributed by atoms with Gasteiger partial charge in [-0.2, -0.15) is 4.90 Å². The van der Waals surface area contributed by atoms with E-state index in [9.17, 15) is 9.59 Å². The van der Waals surface area contributed by atoms with Gasteiger partial charge < -0.3 is 9.47 Å². The summed E-state index contributed by atoms with van der Waals surface area (Å²) < 4.78 is 11.2. The van der Waals surface area contributed by atoms with E-state index in [1.165, 1.54) is 0 Å². The first kappa shape index (κ1) is 21.2. The molecule has 1 aromatic rings. The van der Waals surface area contributed by atoms with E-state index in [4.69, 9.17) is 9.47 Å². The Labute approximate surface area is 157 Å². The van der Waals surface area contributed by atoms with Crippen molar-refractivity contribution in [3.8, 4) is 0 Å². The van der Waals surface area contributed by atoms with Crippen molar-refractivity contribution in [3.05, 3.63) is 29.0 Å². The van der Waals surface area contributed by atoms with Crippen molar-refractivity contribution in [1.29, 1.82) is 0 Å². The van der Waals surface area contributed by atoms with Crippen LogP contribution in [0.25, 0.3) is 5.57 Å². The summed E-state index contributed by atoms with van der Waals surface area (Å²) >= 11 is 3.29. The monoisotopic (exact) mass is 412 g/mol. The summed E-state index contributed by atoms with van der Waals surface area (Å²) in [5, 5.41) is 0. The van der Waals surface area contributed by atoms with Gasteiger partial charge >= 0.3 is 12.2 Å². The molecule has 0 radical (unpaired) electrons. The maximum Gasteiger partial charge on any atom is 0.424 e. The summed E-state index contributed by atoms with van der Waals surface area (Å²) in [4.78, 5) is 30.4. The second kappa shape index (κ2) is 7.56. The summed E-state index contributed by atoms with van der Waals surface area (Å²) in [6, 6.07) is 3.13. The van der Waals surface area contributed by atoms with Crippen molar-refractivity contribution in [1.82, 2.24) is 4.98 Å². The molecule has 138 valence electrons. The van der Waals surface area contributed by atoms with E-state index in [0.717, 1.165) is 4.90 Å². The molecule has 0 saturated carbocycles. The van der Waals surface area contributed by atoms with Crippen molar-refractivity contribution in [2.45, 2.75) is 59.7 Å². The SMILES string of the molecule is C=C(C)c1cc(N(C(=O)OC(C)(C)C)C(=O)OC(C)(C)C)cc(Br)n1. The molecular weight excluding hydrogens is 388 g/mol. The number of rotatable bonds is 2. The molecule has 7 heteroatoms. The molecule has 0 fully saturated rings. The number of carbonyl (C=O) groups is 2. The second-order valence-corrected chi connectivity index (χ2v) is 8.42. The number of imide groups is 1. The van der Waals surface area contributed by atoms with E-state index in [1.807, 2.05) is 0 Å². The number of pyridine rings is 1. The second-order valence-electron chi connectivity index (χ2n) is 7.61. The molecule has 25 heavy (non-hydrogen) atoms. The molecule has 0 saturated heterocycles. The molecule has 0 aliphatic carbocycles. The number of carbonyl (C=O) groups excluding carboxylic acids is 2. The van der Waals surface area contributed by atoms with Crippen LogP contribution < -0.4 is 4.90 Å². The van der Waals surface area contributed by atoms with Crippen molar-refractivity contribution in [2.75, 3.05) is 4.90 Å². The first-order valence-electron chi connectivity index (χ1n) is 7.79. The molecule has 0 bridgehead atoms. The fourth-order valence-electron chi connectivity index (χ4n) is 1.73. The highest BCUT2D eigenvalue weighted by atomic mass is 79.9. The molecule has 1 aromatic heterocycles. The lowest BCUT2D eigenvalue weighted by molar-refractivity contribution is 0.0430. The maximum absolute atomic E-state index is 12.6. The van der Waals surface area contributed by atoms with Gasteiger partial charge in [0.05, 0.1) is 11.4 Å². The zero-order valence-corrected chi connectivity index (χ0v) is 17.4. The van der Waals surface area contributed by atoms with E-state index < -0.39 is 23.4 Å². The van der Waals surface area contributed by atoms with Gasteiger partial charge in [-0.3, -0.25) is 0 Å². The highest BCUT2D eigenvalue weighted by Gasteiger charge is 2.33. The number of nitrogens with zero attached hydrogens (tertiary/aromatic N) is 2. The molecule has 1 rings (SSSR count). The molecule has 0 unspecified atom stereocenters. The van der Waals surface area contributed by atoms with Crippen LogP contribution in [0.4, 0.5) is 15.3 Å². The number of halogens is 1. The zero-order valence-electron chi connectivity index (χ0n) is 15.8. The fraction of sp³-hybridized carbons (Fsp3) is 0.500. The van der Waals surface area contributed by atoms with Crippen LogP contribution >= 0.6 is 15.9 Å². The van der Waals surface area contributed by atoms with Crippen LogP contribution in [0.15, 0.2) is 23.3 Å². The number of hydrogen-bond donors (Lipinski definition) is 0. The summed E-state index contributed by atoms with van der Waals surface area (Å²) in [7, 11) is 0. The average molecular weight is 413 g/mol. The summed E-state index contributed by atoms with van der Waals surface area (Å²) in [6.45, 7) is 16.0. The molecule has 0 aromatic carbocycles. The third-order valence-electron chi connectivity index (χ3n) is 2.63. The quantitative estimate of drug-likeness (QED) is 0.595. The third kappa shape index (κ3) is 6.86. The summed E-state index contributed by atoms with van der Waals surface area (Å²) in [6.07, 6.45) is -1.65. The van der Waals surface area contributed by atoms with Crippen LogP contribution in [0.2, 0.25) is 0 Å². The van der Waals surface area contributed by atoms with E-state index in [0.29, 0.717) is 15.9 Å². The Bertz CT molecular complexity index is 659. The normalized spacial score (nSPS) is 11.7. The molecule has 0 spiro atoms. The average Bonchev–Trinajstić information content (AvgIpc) is 2.33. The van der Waals surface area contributed by atoms with E-state index in [2.05, 4.69) is 27.5 Å². The van der Waals surface area contributed by atoms with Crippen molar-refractivity contribution < 1.29 is 19.1 Å². The van der Waals surface area contributed by atoms with Gasteiger partial charge in [0.2, 0.25) is 0 Å². The van der Waals surface area contributed by atoms with Crippen LogP contribution in [0, 0.1) is 0 Å². The minimum Gasteiger partial charge on any atom is -0.443 e. The number of ether oxygens (including phenoxy) is 2. The van der Waals surface area contributed by atoms with Gasteiger partial charge in [0.25, 0.3) is 0 Å². The van der Waals surface area contributed by atoms with Gasteiger partial charge in [-0.05, 0) is 82.1 Å². The van der Waals surface area contributed by atoms with Crippen LogP contribution in [0.3, 0.4) is 0 Å². The smallest absolute Gasteiger partial charge is 0.424 e. The lowest BCUT2D eigenvalue weighted by Crippen LogP contribution is -2.43. The molecule has 0 aliphatic rings. The number of anilines is 1. The largest absolute Gasteiger partial charge is 0.443 e. The molecule has 0 N–H and O–H groups in total. The van der Waals surface area contributed by atoms with Crippen LogP contribution in [-0.4, -0.2) is 28.4 Å². The summed E-state index contributed by atoms with van der Waals surface area (Å²) in [5.74, 6) is 0. The standard InChI is InChI=1S/C18H25BrN2O4/c1-11(2)13-9-12(10-14(19)20-13)21(15(22)24-17(3,4)5)16(23)25-18(6,7)8/h9-10H,1H2,2-8H3. The lowest BCUT2D eigenvalue weighted by atomic mass is 10.2. The van der Waals surface area contributed by atoms with Gasteiger partial charge in [-0.25, -0.2) is 14.6 Å². The number of aromatic nitrogens is 1. The Morgan fingerprint density at radius 1 is 1.04 bits per heavy atom. The van der Waals surface area contributed by atoms with E-state index >= 15 is 0 Å². The van der Waals surface area contributed by atoms with Crippen LogP contribution in [0.1, 0.15) is 54.2 Å². The number of amides is 2. The van der Waals surface area contributed by atoms with Gasteiger partial charge in [0, 0.05) is 0 Å². The van der Waals surface area contributed by atoms with Crippen LogP contribution in [0.5, 0.6) is 0 Å². The Hall–Kier alpha value is -1.89. The minimum atomic E-state index is -0.826. The lowest BCUT2D eigenvalue weighted by Gasteiger charge is -2.28. The highest BCUT2D eigenvalue weighted by Crippen LogP contribution is 2.26. The predicted octanol–water partition coefficient (Wildman–Crippen LogP) is 5.55. The molecule has 0 atom stereocenters. The predicted molar refractivity (Wildman–Crippen MR) is 102 cm³/mol. The highest BCUT2D eigenvalue weighted by molar-refractivity contribution is 9.10. The Morgan fingerprint density at radius 2 is 1.48 bits per heavy atom. The third-order valence-corrected chi connectivity index (χ3v) is 3.03. The van der Waals surface area contributed by atoms with E-state index in [-0.39, 0.29) is 5.69 Å². The van der Waals surface area contributed by atoms with Crippen molar-refractivity contribution >= 4 is 39.4 Å². The topological polar surface area (TPSA) is 68.7 Å². The zero-order chi connectivity index (χ0) is 19.6. The van der Waals surface area contributed by atoms with Crippen LogP contribution in [-0.2, 0) is 9.47 Å². The van der Waals surface area contributed by atoms with Gasteiger partial charge in [-0.1, -0.05) is 6.58 Å². The number of hydrogen-bond acceptors (Lipinski definition) is 5. The Balaban J connectivity index is 3.38. The van der Waals surface area contributed by atoms with Crippen molar-refractivity contribution in [2.24, 2.45) is 0 Å². The minimum absolute atomic E-state index is 0.281. The fourth-order valence-corrected chi connectivity index (χ4v) is 2.16. The first-order valence-corrected chi connectivity index (χ1v) is 8.58. The summed E-state index contributed by atoms with van der Waals surface area (Å²) in [5.41, 5.74) is -0.0156. The van der Waals surface area contributed by atoms with Gasteiger partial charge in [-0.15, -0.1) is 0 Å². The molecule has 6 nitrogen and oxygen atoms in total. The van der Waals surface area contributed by atoms with Crippen molar-refractivity contribution in [3.63, 3.8) is 0 Å². The molecule has 1 heterocycles. The maximum atomic E-state index is 12.6. The molecule has 2 amide bonds. The Morgan fingerprint density at radius 3 is 1.84 bits per heavy atom. The number of allylic oxidation sites excluding steroid dienone is 1. The first-order chi connectivity index (χ1) is 11.2. The molecular formula is C18H25BrN2O4. The molecule has 0 aliphatic heterocycles. The Kier molecular flexibility index (Phi) is 6.39.